The third-order valence-corrected chi connectivity index (χ3v) is 2.88. The van der Waals surface area contributed by atoms with Gasteiger partial charge in [0.15, 0.2) is 0 Å². The second-order valence-electron chi connectivity index (χ2n) is 4.22. The van der Waals surface area contributed by atoms with Crippen LogP contribution in [-0.2, 0) is 6.54 Å². The summed E-state index contributed by atoms with van der Waals surface area (Å²) in [7, 11) is 1.63. The maximum Gasteiger partial charge on any atom is 0.251 e. The van der Waals surface area contributed by atoms with E-state index in [1.807, 2.05) is 31.2 Å². The first kappa shape index (κ1) is 13.1. The van der Waals surface area contributed by atoms with Crippen molar-refractivity contribution in [3.63, 3.8) is 0 Å². The van der Waals surface area contributed by atoms with Crippen molar-refractivity contribution >= 4 is 5.91 Å². The lowest BCUT2D eigenvalue weighted by Crippen LogP contribution is -2.23. The summed E-state index contributed by atoms with van der Waals surface area (Å²) in [6.45, 7) is 2.36. The standard InChI is InChI=1S/C15H16N2O2/c1-11-9-16-8-7-14(11)15(18)17-10-12-3-5-13(19-2)6-4-12/h3-9H,10H2,1-2H3,(H,17,18). The van der Waals surface area contributed by atoms with Gasteiger partial charge in [-0.1, -0.05) is 12.1 Å². The van der Waals surface area contributed by atoms with Crippen LogP contribution in [0.3, 0.4) is 0 Å². The highest BCUT2D eigenvalue weighted by atomic mass is 16.5. The van der Waals surface area contributed by atoms with Crippen LogP contribution in [0.4, 0.5) is 0 Å². The van der Waals surface area contributed by atoms with Gasteiger partial charge in [-0.3, -0.25) is 9.78 Å². The molecule has 2 rings (SSSR count). The van der Waals surface area contributed by atoms with Crippen molar-refractivity contribution < 1.29 is 9.53 Å². The van der Waals surface area contributed by atoms with Gasteiger partial charge >= 0.3 is 0 Å². The second-order valence-corrected chi connectivity index (χ2v) is 4.22. The topological polar surface area (TPSA) is 51.2 Å². The first-order chi connectivity index (χ1) is 9.20. The molecule has 98 valence electrons. The molecule has 0 bridgehead atoms. The van der Waals surface area contributed by atoms with Crippen LogP contribution in [-0.4, -0.2) is 18.0 Å². The van der Waals surface area contributed by atoms with Crippen LogP contribution >= 0.6 is 0 Å². The van der Waals surface area contributed by atoms with E-state index >= 15 is 0 Å². The number of nitrogens with one attached hydrogen (secondary N) is 1. The fraction of sp³-hybridized carbons (Fsp3) is 0.200. The number of aromatic nitrogens is 1. The number of aryl methyl sites for hydroxylation is 1. The maximum absolute atomic E-state index is 12.0. The van der Waals surface area contributed by atoms with Crippen LogP contribution in [0.15, 0.2) is 42.7 Å². The number of ether oxygens (including phenoxy) is 1. The number of methoxy groups -OCH3 is 1. The summed E-state index contributed by atoms with van der Waals surface area (Å²) in [5.41, 5.74) is 2.55. The van der Waals surface area contributed by atoms with E-state index < -0.39 is 0 Å². The van der Waals surface area contributed by atoms with Gasteiger partial charge in [-0.05, 0) is 36.2 Å². The van der Waals surface area contributed by atoms with Crippen LogP contribution in [0, 0.1) is 6.92 Å². The summed E-state index contributed by atoms with van der Waals surface area (Å²) < 4.78 is 5.09. The molecule has 0 unspecified atom stereocenters. The number of hydrogen-bond donors (Lipinski definition) is 1. The van der Waals surface area contributed by atoms with E-state index in [9.17, 15) is 4.79 Å². The molecule has 2 aromatic rings. The molecule has 0 aliphatic heterocycles. The Morgan fingerprint density at radius 1 is 1.26 bits per heavy atom. The van der Waals surface area contributed by atoms with Gasteiger partial charge < -0.3 is 10.1 Å². The van der Waals surface area contributed by atoms with Crippen molar-refractivity contribution in [2.45, 2.75) is 13.5 Å². The molecule has 1 aromatic heterocycles. The molecule has 1 aromatic carbocycles. The number of benzene rings is 1. The van der Waals surface area contributed by atoms with Crippen molar-refractivity contribution in [3.05, 3.63) is 59.4 Å². The van der Waals surface area contributed by atoms with Crippen LogP contribution in [0.5, 0.6) is 5.75 Å². The van der Waals surface area contributed by atoms with Crippen molar-refractivity contribution in [1.29, 1.82) is 0 Å². The summed E-state index contributed by atoms with van der Waals surface area (Å²) in [4.78, 5) is 16.0. The van der Waals surface area contributed by atoms with Crippen molar-refractivity contribution in [3.8, 4) is 5.75 Å². The Hall–Kier alpha value is -2.36. The summed E-state index contributed by atoms with van der Waals surface area (Å²) in [5, 5.41) is 2.89. The molecule has 0 saturated carbocycles. The molecule has 0 radical (unpaired) electrons. The van der Waals surface area contributed by atoms with Gasteiger partial charge in [0.05, 0.1) is 7.11 Å². The molecule has 4 nitrogen and oxygen atoms in total. The Labute approximate surface area is 112 Å². The number of pyridine rings is 1. The number of nitrogens with zero attached hydrogens (tertiary/aromatic N) is 1. The van der Waals surface area contributed by atoms with E-state index in [-0.39, 0.29) is 5.91 Å². The van der Waals surface area contributed by atoms with Crippen molar-refractivity contribution in [2.75, 3.05) is 7.11 Å². The fourth-order valence-corrected chi connectivity index (χ4v) is 1.75. The van der Waals surface area contributed by atoms with Gasteiger partial charge in [0.1, 0.15) is 5.75 Å². The summed E-state index contributed by atoms with van der Waals surface area (Å²) >= 11 is 0. The third kappa shape index (κ3) is 3.31. The van der Waals surface area contributed by atoms with Crippen LogP contribution < -0.4 is 10.1 Å². The van der Waals surface area contributed by atoms with Gasteiger partial charge in [-0.25, -0.2) is 0 Å². The minimum Gasteiger partial charge on any atom is -0.497 e. The molecule has 1 amide bonds. The molecule has 0 fully saturated rings. The minimum absolute atomic E-state index is 0.0873. The van der Waals surface area contributed by atoms with Gasteiger partial charge in [0.2, 0.25) is 0 Å². The lowest BCUT2D eigenvalue weighted by atomic mass is 10.1. The third-order valence-electron chi connectivity index (χ3n) is 2.88. The van der Waals surface area contributed by atoms with Crippen LogP contribution in [0.25, 0.3) is 0 Å². The quantitative estimate of drug-likeness (QED) is 0.913. The monoisotopic (exact) mass is 256 g/mol. The van der Waals surface area contributed by atoms with Crippen molar-refractivity contribution in [2.24, 2.45) is 0 Å². The molecule has 0 atom stereocenters. The predicted octanol–water partition coefficient (Wildman–Crippen LogP) is 2.33. The molecule has 4 heteroatoms. The Morgan fingerprint density at radius 2 is 2.00 bits per heavy atom. The lowest BCUT2D eigenvalue weighted by molar-refractivity contribution is 0.0950. The Kier molecular flexibility index (Phi) is 4.13. The molecule has 0 aliphatic rings. The Morgan fingerprint density at radius 3 is 2.63 bits per heavy atom. The largest absolute Gasteiger partial charge is 0.497 e. The molecule has 0 saturated heterocycles. The highest BCUT2D eigenvalue weighted by Crippen LogP contribution is 2.11. The highest BCUT2D eigenvalue weighted by Gasteiger charge is 2.07. The van der Waals surface area contributed by atoms with Gasteiger partial charge in [0.25, 0.3) is 5.91 Å². The predicted molar refractivity (Wildman–Crippen MR) is 73.1 cm³/mol. The average Bonchev–Trinajstić information content (AvgIpc) is 2.46. The fourth-order valence-electron chi connectivity index (χ4n) is 1.75. The normalized spacial score (nSPS) is 10.0. The first-order valence-electron chi connectivity index (χ1n) is 6.02. The number of carbonyl (C=O) groups excluding carboxylic acids is 1. The molecular formula is C15H16N2O2. The average molecular weight is 256 g/mol. The molecule has 1 N–H and O–H groups in total. The maximum atomic E-state index is 12.0. The van der Waals surface area contributed by atoms with Gasteiger partial charge in [0, 0.05) is 24.5 Å². The zero-order valence-corrected chi connectivity index (χ0v) is 11.0. The SMILES string of the molecule is COc1ccc(CNC(=O)c2ccncc2C)cc1. The highest BCUT2D eigenvalue weighted by molar-refractivity contribution is 5.95. The van der Waals surface area contributed by atoms with Crippen LogP contribution in [0.1, 0.15) is 21.5 Å². The first-order valence-corrected chi connectivity index (χ1v) is 6.02. The second kappa shape index (κ2) is 6.00. The Bertz CT molecular complexity index is 565. The van der Waals surface area contributed by atoms with Crippen LogP contribution in [0.2, 0.25) is 0 Å². The molecule has 19 heavy (non-hydrogen) atoms. The Balaban J connectivity index is 1.98. The minimum atomic E-state index is -0.0873. The summed E-state index contributed by atoms with van der Waals surface area (Å²) in [6.07, 6.45) is 3.30. The number of rotatable bonds is 4. The molecule has 0 aliphatic carbocycles. The van der Waals surface area contributed by atoms with Crippen molar-refractivity contribution in [1.82, 2.24) is 10.3 Å². The van der Waals surface area contributed by atoms with E-state index in [1.165, 1.54) is 0 Å². The van der Waals surface area contributed by atoms with E-state index in [2.05, 4.69) is 10.3 Å². The van der Waals surface area contributed by atoms with E-state index in [0.717, 1.165) is 16.9 Å². The van der Waals surface area contributed by atoms with Gasteiger partial charge in [-0.15, -0.1) is 0 Å². The smallest absolute Gasteiger partial charge is 0.251 e. The zero-order valence-electron chi connectivity index (χ0n) is 11.0. The summed E-state index contributed by atoms with van der Waals surface area (Å²) in [5.74, 6) is 0.718. The zero-order chi connectivity index (χ0) is 13.7. The molecular weight excluding hydrogens is 240 g/mol. The van der Waals surface area contributed by atoms with E-state index in [1.54, 1.807) is 25.6 Å². The van der Waals surface area contributed by atoms with E-state index in [0.29, 0.717) is 12.1 Å². The lowest BCUT2D eigenvalue weighted by Gasteiger charge is -2.07. The number of hydrogen-bond acceptors (Lipinski definition) is 3. The summed E-state index contributed by atoms with van der Waals surface area (Å²) in [6, 6.07) is 9.33. The molecule has 1 heterocycles. The number of amides is 1. The number of carbonyl (C=O) groups is 1. The molecule has 0 spiro atoms. The van der Waals surface area contributed by atoms with E-state index in [4.69, 9.17) is 4.74 Å². The van der Waals surface area contributed by atoms with Gasteiger partial charge in [-0.2, -0.15) is 0 Å².